The fourth-order valence-electron chi connectivity index (χ4n) is 1.86. The number of carbonyl (C=O) groups is 1. The van der Waals surface area contributed by atoms with Crippen LogP contribution in [-0.2, 0) is 4.74 Å². The summed E-state index contributed by atoms with van der Waals surface area (Å²) in [5.74, 6) is 1.24. The van der Waals surface area contributed by atoms with Gasteiger partial charge in [-0.3, -0.25) is 4.79 Å². The zero-order valence-electron chi connectivity index (χ0n) is 9.42. The van der Waals surface area contributed by atoms with Gasteiger partial charge in [0.1, 0.15) is 0 Å². The van der Waals surface area contributed by atoms with Crippen molar-refractivity contribution in [3.8, 4) is 0 Å². The standard InChI is InChI=1S/C10H12N4O3/c1-7-8(6-15)17-10-11-9(12-14(7)10)13-2-4-16-5-3-13/h6H,2-5H2,1H3. The van der Waals surface area contributed by atoms with Gasteiger partial charge in [0.15, 0.2) is 12.0 Å². The number of oxazole rings is 1. The van der Waals surface area contributed by atoms with Crippen molar-refractivity contribution < 1.29 is 13.9 Å². The molecule has 3 rings (SSSR count). The van der Waals surface area contributed by atoms with E-state index in [1.165, 1.54) is 0 Å². The fraction of sp³-hybridized carbons (Fsp3) is 0.500. The highest BCUT2D eigenvalue weighted by atomic mass is 16.5. The second-order valence-electron chi connectivity index (χ2n) is 3.88. The zero-order chi connectivity index (χ0) is 11.8. The molecule has 0 amide bonds. The molecule has 2 aromatic heterocycles. The summed E-state index contributed by atoms with van der Waals surface area (Å²) in [7, 11) is 0. The first-order valence-corrected chi connectivity index (χ1v) is 5.43. The molecule has 7 nitrogen and oxygen atoms in total. The van der Waals surface area contributed by atoms with E-state index in [0.29, 0.717) is 37.0 Å². The van der Waals surface area contributed by atoms with Crippen LogP contribution in [0.25, 0.3) is 5.84 Å². The Kier molecular flexibility index (Phi) is 2.32. The average molecular weight is 236 g/mol. The molecule has 0 aliphatic carbocycles. The molecule has 0 bridgehead atoms. The van der Waals surface area contributed by atoms with Crippen molar-refractivity contribution in [2.24, 2.45) is 0 Å². The van der Waals surface area contributed by atoms with Crippen LogP contribution >= 0.6 is 0 Å². The van der Waals surface area contributed by atoms with E-state index in [1.807, 2.05) is 4.90 Å². The van der Waals surface area contributed by atoms with E-state index >= 15 is 0 Å². The molecule has 7 heteroatoms. The summed E-state index contributed by atoms with van der Waals surface area (Å²) in [6.45, 7) is 4.68. The van der Waals surface area contributed by atoms with Gasteiger partial charge in [0.05, 0.1) is 18.9 Å². The number of ether oxygens (including phenoxy) is 1. The summed E-state index contributed by atoms with van der Waals surface area (Å²) in [4.78, 5) is 17.0. The third-order valence-electron chi connectivity index (χ3n) is 2.84. The molecular formula is C10H12N4O3. The summed E-state index contributed by atoms with van der Waals surface area (Å²) in [5.41, 5.74) is 0.669. The Morgan fingerprint density at radius 1 is 1.35 bits per heavy atom. The quantitative estimate of drug-likeness (QED) is 0.697. The Balaban J connectivity index is 1.99. The lowest BCUT2D eigenvalue weighted by Gasteiger charge is -2.25. The first kappa shape index (κ1) is 10.3. The highest BCUT2D eigenvalue weighted by Gasteiger charge is 2.19. The van der Waals surface area contributed by atoms with E-state index < -0.39 is 0 Å². The molecule has 1 aliphatic rings. The smallest absolute Gasteiger partial charge is 0.327 e. The summed E-state index contributed by atoms with van der Waals surface area (Å²) in [6, 6.07) is 0. The monoisotopic (exact) mass is 236 g/mol. The second kappa shape index (κ2) is 3.85. The number of hydrogen-bond acceptors (Lipinski definition) is 6. The maximum absolute atomic E-state index is 10.7. The predicted octanol–water partition coefficient (Wildman–Crippen LogP) is 0.280. The molecule has 90 valence electrons. The lowest BCUT2D eigenvalue weighted by atomic mass is 10.4. The topological polar surface area (TPSA) is 72.9 Å². The van der Waals surface area contributed by atoms with Crippen molar-refractivity contribution in [3.63, 3.8) is 0 Å². The molecule has 0 aromatic carbocycles. The van der Waals surface area contributed by atoms with Crippen LogP contribution in [0.1, 0.15) is 16.2 Å². The number of fused-ring (bicyclic) bond motifs is 1. The van der Waals surface area contributed by atoms with Crippen LogP contribution < -0.4 is 4.90 Å². The average Bonchev–Trinajstić information content (AvgIpc) is 2.90. The van der Waals surface area contributed by atoms with E-state index in [-0.39, 0.29) is 5.76 Å². The SMILES string of the molecule is Cc1c(C=O)oc2nc(N3CCOCC3)nn12. The van der Waals surface area contributed by atoms with Gasteiger partial charge in [-0.15, -0.1) is 5.10 Å². The van der Waals surface area contributed by atoms with Gasteiger partial charge in [0.25, 0.3) is 0 Å². The number of nitrogens with zero attached hydrogens (tertiary/aromatic N) is 4. The number of aromatic nitrogens is 3. The Labute approximate surface area is 97.0 Å². The van der Waals surface area contributed by atoms with Crippen molar-refractivity contribution in [1.82, 2.24) is 14.6 Å². The lowest BCUT2D eigenvalue weighted by Crippen LogP contribution is -2.36. The van der Waals surface area contributed by atoms with Crippen LogP contribution in [0.3, 0.4) is 0 Å². The van der Waals surface area contributed by atoms with Crippen molar-refractivity contribution in [2.75, 3.05) is 31.2 Å². The molecule has 1 saturated heterocycles. The van der Waals surface area contributed by atoms with Crippen molar-refractivity contribution in [1.29, 1.82) is 0 Å². The molecule has 0 saturated carbocycles. The van der Waals surface area contributed by atoms with Crippen LogP contribution in [-0.4, -0.2) is 47.2 Å². The number of aldehydes is 1. The summed E-state index contributed by atoms with van der Waals surface area (Å²) in [6.07, 6.45) is 0.667. The third-order valence-corrected chi connectivity index (χ3v) is 2.84. The van der Waals surface area contributed by atoms with E-state index in [2.05, 4.69) is 10.1 Å². The Morgan fingerprint density at radius 3 is 2.76 bits per heavy atom. The number of aryl methyl sites for hydroxylation is 1. The highest BCUT2D eigenvalue weighted by Crippen LogP contribution is 2.17. The fourth-order valence-corrected chi connectivity index (χ4v) is 1.86. The zero-order valence-corrected chi connectivity index (χ0v) is 9.42. The third kappa shape index (κ3) is 1.59. The Bertz CT molecular complexity index is 553. The molecule has 17 heavy (non-hydrogen) atoms. The van der Waals surface area contributed by atoms with E-state index in [4.69, 9.17) is 9.15 Å². The number of hydrogen-bond donors (Lipinski definition) is 0. The lowest BCUT2D eigenvalue weighted by molar-refractivity contribution is 0.110. The molecule has 0 N–H and O–H groups in total. The number of morpholine rings is 1. The number of rotatable bonds is 2. The molecule has 0 unspecified atom stereocenters. The molecule has 3 heterocycles. The minimum atomic E-state index is 0.272. The molecule has 0 atom stereocenters. The van der Waals surface area contributed by atoms with Gasteiger partial charge in [0.2, 0.25) is 5.95 Å². The Hall–Kier alpha value is -1.89. The van der Waals surface area contributed by atoms with Gasteiger partial charge in [-0.1, -0.05) is 0 Å². The van der Waals surface area contributed by atoms with Gasteiger partial charge in [-0.05, 0) is 6.92 Å². The molecule has 0 radical (unpaired) electrons. The summed E-state index contributed by atoms with van der Waals surface area (Å²) >= 11 is 0. The van der Waals surface area contributed by atoms with Crippen molar-refractivity contribution in [3.05, 3.63) is 11.5 Å². The first-order valence-electron chi connectivity index (χ1n) is 5.43. The highest BCUT2D eigenvalue weighted by molar-refractivity contribution is 5.73. The van der Waals surface area contributed by atoms with Crippen molar-refractivity contribution in [2.45, 2.75) is 6.92 Å². The molecule has 1 aliphatic heterocycles. The van der Waals surface area contributed by atoms with Crippen LogP contribution in [0.4, 0.5) is 5.95 Å². The van der Waals surface area contributed by atoms with Crippen LogP contribution in [0.2, 0.25) is 0 Å². The number of anilines is 1. The molecule has 0 spiro atoms. The minimum Gasteiger partial charge on any atom is -0.419 e. The van der Waals surface area contributed by atoms with Crippen LogP contribution in [0.5, 0.6) is 0 Å². The summed E-state index contributed by atoms with van der Waals surface area (Å²) < 4.78 is 12.1. The molecular weight excluding hydrogens is 224 g/mol. The largest absolute Gasteiger partial charge is 0.419 e. The van der Waals surface area contributed by atoms with Crippen LogP contribution in [0.15, 0.2) is 4.42 Å². The molecule has 2 aromatic rings. The van der Waals surface area contributed by atoms with Gasteiger partial charge in [-0.25, -0.2) is 0 Å². The van der Waals surface area contributed by atoms with E-state index in [1.54, 1.807) is 11.4 Å². The first-order chi connectivity index (χ1) is 8.29. The molecule has 1 fully saturated rings. The van der Waals surface area contributed by atoms with Gasteiger partial charge in [0, 0.05) is 13.1 Å². The predicted molar refractivity (Wildman–Crippen MR) is 58.4 cm³/mol. The van der Waals surface area contributed by atoms with Gasteiger partial charge < -0.3 is 14.1 Å². The van der Waals surface area contributed by atoms with Gasteiger partial charge >= 0.3 is 5.84 Å². The second-order valence-corrected chi connectivity index (χ2v) is 3.88. The van der Waals surface area contributed by atoms with E-state index in [9.17, 15) is 4.79 Å². The Morgan fingerprint density at radius 2 is 2.12 bits per heavy atom. The normalized spacial score (nSPS) is 16.6. The number of carbonyl (C=O) groups excluding carboxylic acids is 1. The van der Waals surface area contributed by atoms with Gasteiger partial charge in [-0.2, -0.15) is 9.50 Å². The van der Waals surface area contributed by atoms with Crippen LogP contribution in [0, 0.1) is 6.92 Å². The minimum absolute atomic E-state index is 0.272. The van der Waals surface area contributed by atoms with E-state index in [0.717, 1.165) is 13.1 Å². The maximum atomic E-state index is 10.7. The summed E-state index contributed by atoms with van der Waals surface area (Å²) in [5, 5.41) is 4.33. The van der Waals surface area contributed by atoms with Crippen molar-refractivity contribution >= 4 is 18.1 Å². The maximum Gasteiger partial charge on any atom is 0.327 e.